The molecule has 5 N–H and O–H groups in total. The fourth-order valence-electron chi connectivity index (χ4n) is 3.58. The Balaban J connectivity index is 1.80. The molecular formula is C15H28N4O2. The van der Waals surface area contributed by atoms with Gasteiger partial charge in [0.2, 0.25) is 11.8 Å². The minimum absolute atomic E-state index is 0.00222. The number of carbonyl (C=O) groups is 2. The maximum atomic E-state index is 12.5. The van der Waals surface area contributed by atoms with Gasteiger partial charge in [0.1, 0.15) is 0 Å². The minimum atomic E-state index is -0.692. The van der Waals surface area contributed by atoms with Gasteiger partial charge in [0.25, 0.3) is 0 Å². The zero-order valence-electron chi connectivity index (χ0n) is 12.9. The Morgan fingerprint density at radius 2 is 1.95 bits per heavy atom. The Kier molecular flexibility index (Phi) is 5.22. The fraction of sp³-hybridized carbons (Fsp3) is 0.867. The van der Waals surface area contributed by atoms with Crippen LogP contribution < -0.4 is 16.8 Å². The third-order valence-electron chi connectivity index (χ3n) is 4.79. The maximum Gasteiger partial charge on any atom is 0.240 e. The van der Waals surface area contributed by atoms with E-state index in [1.165, 1.54) is 0 Å². The average Bonchev–Trinajstić information content (AvgIpc) is 2.40. The van der Waals surface area contributed by atoms with Crippen LogP contribution in [0.4, 0.5) is 0 Å². The Bertz CT molecular complexity index is 393. The first-order valence-electron chi connectivity index (χ1n) is 7.99. The summed E-state index contributed by atoms with van der Waals surface area (Å²) in [4.78, 5) is 25.4. The van der Waals surface area contributed by atoms with Crippen molar-refractivity contribution in [3.63, 3.8) is 0 Å². The van der Waals surface area contributed by atoms with E-state index in [9.17, 15) is 9.59 Å². The summed E-state index contributed by atoms with van der Waals surface area (Å²) in [6.07, 6.45) is 5.46. The molecule has 2 atom stereocenters. The van der Waals surface area contributed by atoms with E-state index < -0.39 is 5.54 Å². The standard InChI is InChI=1S/C15H28N4O2/c1-11-3-2-6-15(17,9-11)14(21)18-12-4-7-19(8-5-12)10-13(16)20/h11-12H,2-10,17H2,1H3,(H2,16,20)(H,18,21). The average molecular weight is 296 g/mol. The van der Waals surface area contributed by atoms with Crippen LogP contribution in [0.5, 0.6) is 0 Å². The van der Waals surface area contributed by atoms with Gasteiger partial charge in [0.15, 0.2) is 0 Å². The molecule has 0 aromatic carbocycles. The SMILES string of the molecule is CC1CCCC(N)(C(=O)NC2CCN(CC(N)=O)CC2)C1. The van der Waals surface area contributed by atoms with Crippen molar-refractivity contribution in [1.82, 2.24) is 10.2 Å². The van der Waals surface area contributed by atoms with Crippen molar-refractivity contribution in [3.8, 4) is 0 Å². The lowest BCUT2D eigenvalue weighted by atomic mass is 9.76. The van der Waals surface area contributed by atoms with Crippen LogP contribution in [0.1, 0.15) is 45.4 Å². The van der Waals surface area contributed by atoms with E-state index in [4.69, 9.17) is 11.5 Å². The summed E-state index contributed by atoms with van der Waals surface area (Å²) >= 11 is 0. The molecular weight excluding hydrogens is 268 g/mol. The van der Waals surface area contributed by atoms with Crippen molar-refractivity contribution in [1.29, 1.82) is 0 Å². The van der Waals surface area contributed by atoms with Crippen molar-refractivity contribution in [2.24, 2.45) is 17.4 Å². The van der Waals surface area contributed by atoms with Gasteiger partial charge in [-0.05, 0) is 31.6 Å². The predicted octanol–water partition coefficient (Wildman–Crippen LogP) is -0.0401. The van der Waals surface area contributed by atoms with E-state index in [2.05, 4.69) is 12.2 Å². The van der Waals surface area contributed by atoms with Crippen molar-refractivity contribution < 1.29 is 9.59 Å². The normalized spacial score (nSPS) is 31.8. The zero-order chi connectivity index (χ0) is 15.5. The molecule has 1 aliphatic carbocycles. The summed E-state index contributed by atoms with van der Waals surface area (Å²) in [7, 11) is 0. The van der Waals surface area contributed by atoms with Gasteiger partial charge in [-0.3, -0.25) is 14.5 Å². The number of rotatable bonds is 4. The van der Waals surface area contributed by atoms with Crippen LogP contribution in [-0.4, -0.2) is 47.9 Å². The third kappa shape index (κ3) is 4.41. The molecule has 0 aromatic heterocycles. The first-order valence-corrected chi connectivity index (χ1v) is 7.99. The fourth-order valence-corrected chi connectivity index (χ4v) is 3.58. The Morgan fingerprint density at radius 1 is 1.29 bits per heavy atom. The van der Waals surface area contributed by atoms with Crippen molar-refractivity contribution in [3.05, 3.63) is 0 Å². The number of primary amides is 1. The monoisotopic (exact) mass is 296 g/mol. The Morgan fingerprint density at radius 3 is 2.52 bits per heavy atom. The third-order valence-corrected chi connectivity index (χ3v) is 4.79. The number of nitrogens with two attached hydrogens (primary N) is 2. The Labute approximate surface area is 126 Å². The second-order valence-electron chi connectivity index (χ2n) is 6.85. The highest BCUT2D eigenvalue weighted by atomic mass is 16.2. The van der Waals surface area contributed by atoms with Crippen molar-refractivity contribution in [2.45, 2.75) is 57.0 Å². The molecule has 120 valence electrons. The second-order valence-corrected chi connectivity index (χ2v) is 6.85. The largest absolute Gasteiger partial charge is 0.369 e. The summed E-state index contributed by atoms with van der Waals surface area (Å²) in [5, 5.41) is 3.12. The first kappa shape index (κ1) is 16.2. The molecule has 1 saturated carbocycles. The molecule has 2 fully saturated rings. The van der Waals surface area contributed by atoms with Crippen LogP contribution >= 0.6 is 0 Å². The zero-order valence-corrected chi connectivity index (χ0v) is 12.9. The van der Waals surface area contributed by atoms with E-state index in [0.29, 0.717) is 12.5 Å². The summed E-state index contributed by atoms with van der Waals surface area (Å²) in [5.41, 5.74) is 10.8. The molecule has 1 aliphatic heterocycles. The molecule has 0 bridgehead atoms. The molecule has 0 aromatic rings. The van der Waals surface area contributed by atoms with E-state index in [0.717, 1.165) is 51.6 Å². The number of likely N-dealkylation sites (tertiary alicyclic amines) is 1. The van der Waals surface area contributed by atoms with E-state index in [1.807, 2.05) is 4.90 Å². The minimum Gasteiger partial charge on any atom is -0.369 e. The topological polar surface area (TPSA) is 101 Å². The van der Waals surface area contributed by atoms with Gasteiger partial charge in [0, 0.05) is 19.1 Å². The van der Waals surface area contributed by atoms with Gasteiger partial charge >= 0.3 is 0 Å². The van der Waals surface area contributed by atoms with Crippen molar-refractivity contribution >= 4 is 11.8 Å². The first-order chi connectivity index (χ1) is 9.89. The van der Waals surface area contributed by atoms with Gasteiger partial charge in [0.05, 0.1) is 12.1 Å². The van der Waals surface area contributed by atoms with Crippen LogP contribution in [0.2, 0.25) is 0 Å². The molecule has 21 heavy (non-hydrogen) atoms. The summed E-state index contributed by atoms with van der Waals surface area (Å²) in [6, 6.07) is 0.166. The van der Waals surface area contributed by atoms with Gasteiger partial charge in [-0.1, -0.05) is 19.8 Å². The van der Waals surface area contributed by atoms with E-state index in [1.54, 1.807) is 0 Å². The van der Waals surface area contributed by atoms with Gasteiger partial charge in [-0.15, -0.1) is 0 Å². The molecule has 2 rings (SSSR count). The summed E-state index contributed by atoms with van der Waals surface area (Å²) < 4.78 is 0. The number of hydrogen-bond acceptors (Lipinski definition) is 4. The molecule has 6 heteroatoms. The van der Waals surface area contributed by atoms with Crippen LogP contribution in [-0.2, 0) is 9.59 Å². The number of nitrogens with one attached hydrogen (secondary N) is 1. The molecule has 6 nitrogen and oxygen atoms in total. The summed E-state index contributed by atoms with van der Waals surface area (Å²) in [6.45, 7) is 4.05. The van der Waals surface area contributed by atoms with Crippen LogP contribution in [0.25, 0.3) is 0 Å². The van der Waals surface area contributed by atoms with Crippen LogP contribution in [0.15, 0.2) is 0 Å². The lowest BCUT2D eigenvalue weighted by molar-refractivity contribution is -0.129. The number of amides is 2. The van der Waals surface area contributed by atoms with E-state index >= 15 is 0 Å². The van der Waals surface area contributed by atoms with Gasteiger partial charge in [-0.2, -0.15) is 0 Å². The van der Waals surface area contributed by atoms with E-state index in [-0.39, 0.29) is 17.9 Å². The maximum absolute atomic E-state index is 12.5. The Hall–Kier alpha value is -1.14. The lowest BCUT2D eigenvalue weighted by Gasteiger charge is -2.38. The van der Waals surface area contributed by atoms with Crippen molar-refractivity contribution in [2.75, 3.05) is 19.6 Å². The number of piperidine rings is 1. The molecule has 2 amide bonds. The quantitative estimate of drug-likeness (QED) is 0.677. The van der Waals surface area contributed by atoms with Crippen LogP contribution in [0.3, 0.4) is 0 Å². The van der Waals surface area contributed by atoms with Gasteiger partial charge < -0.3 is 16.8 Å². The predicted molar refractivity (Wildman–Crippen MR) is 81.3 cm³/mol. The number of carbonyl (C=O) groups excluding carboxylic acids is 2. The number of nitrogens with zero attached hydrogens (tertiary/aromatic N) is 1. The highest BCUT2D eigenvalue weighted by molar-refractivity contribution is 5.86. The van der Waals surface area contributed by atoms with Crippen LogP contribution in [0, 0.1) is 5.92 Å². The number of hydrogen-bond donors (Lipinski definition) is 3. The molecule has 1 saturated heterocycles. The molecule has 0 radical (unpaired) electrons. The summed E-state index contributed by atoms with van der Waals surface area (Å²) in [5.74, 6) is 0.226. The highest BCUT2D eigenvalue weighted by Gasteiger charge is 2.38. The highest BCUT2D eigenvalue weighted by Crippen LogP contribution is 2.30. The molecule has 2 aliphatic rings. The molecule has 2 unspecified atom stereocenters. The molecule has 1 heterocycles. The van der Waals surface area contributed by atoms with Gasteiger partial charge in [-0.25, -0.2) is 0 Å². The molecule has 0 spiro atoms. The smallest absolute Gasteiger partial charge is 0.240 e. The lowest BCUT2D eigenvalue weighted by Crippen LogP contribution is -2.59. The second kappa shape index (κ2) is 6.75.